The number of anilines is 1. The molecule has 0 fully saturated rings. The van der Waals surface area contributed by atoms with E-state index in [1.54, 1.807) is 24.3 Å². The summed E-state index contributed by atoms with van der Waals surface area (Å²) in [5, 5.41) is 6.76. The minimum absolute atomic E-state index is 0.0528. The van der Waals surface area contributed by atoms with Crippen LogP contribution in [0, 0.1) is 11.4 Å². The van der Waals surface area contributed by atoms with Crippen LogP contribution in [0.1, 0.15) is 48.8 Å². The molecule has 0 unspecified atom stereocenters. The Balaban J connectivity index is 2.27. The van der Waals surface area contributed by atoms with Crippen LogP contribution < -0.4 is 5.32 Å². The van der Waals surface area contributed by atoms with Gasteiger partial charge in [0.05, 0.1) is 0 Å². The van der Waals surface area contributed by atoms with Gasteiger partial charge in [-0.15, -0.1) is 5.10 Å². The second kappa shape index (κ2) is 6.85. The molecule has 0 saturated heterocycles. The van der Waals surface area contributed by atoms with Crippen molar-refractivity contribution in [1.82, 2.24) is 10.2 Å². The molecule has 0 spiro atoms. The Kier molecular flexibility index (Phi) is 5.20. The molecule has 1 amide bonds. The normalized spacial score (nSPS) is 12.3. The molecule has 2 aromatic rings. The minimum Gasteiger partial charge on any atom is -0.322 e. The molecule has 2 N–H and O–H groups in total. The number of nitrogens with one attached hydrogen (secondary N) is 2. The van der Waals surface area contributed by atoms with Crippen LogP contribution in [-0.4, -0.2) is 16.1 Å². The van der Waals surface area contributed by atoms with Gasteiger partial charge in [-0.05, 0) is 29.9 Å². The Labute approximate surface area is 142 Å². The average Bonchev–Trinajstić information content (AvgIpc) is 2.87. The second-order valence-electron chi connectivity index (χ2n) is 6.93. The standard InChI is InChI=1S/C17H19F4N3O/c1-16(2,3)9-8-10-6-4-5-7-11(10)22-15(25)12-13(17(19,20)21)23-24-14(12)18/h4-7H,8-9H2,1-3H3,(H,22,25)(H,23,24). The number of amides is 1. The summed E-state index contributed by atoms with van der Waals surface area (Å²) >= 11 is 0. The number of carbonyl (C=O) groups excluding carboxylic acids is 1. The summed E-state index contributed by atoms with van der Waals surface area (Å²) < 4.78 is 52.2. The third kappa shape index (κ3) is 4.80. The van der Waals surface area contributed by atoms with Crippen molar-refractivity contribution < 1.29 is 22.4 Å². The fourth-order valence-electron chi connectivity index (χ4n) is 2.29. The number of aryl methyl sites for hydroxylation is 1. The maximum Gasteiger partial charge on any atom is 0.433 e. The van der Waals surface area contributed by atoms with Crippen molar-refractivity contribution in [2.75, 3.05) is 5.32 Å². The summed E-state index contributed by atoms with van der Waals surface area (Å²) in [6.07, 6.45) is -3.47. The van der Waals surface area contributed by atoms with Gasteiger partial charge in [-0.3, -0.25) is 9.89 Å². The number of hydrogen-bond acceptors (Lipinski definition) is 2. The Hall–Kier alpha value is -2.38. The van der Waals surface area contributed by atoms with Crippen molar-refractivity contribution in [3.63, 3.8) is 0 Å². The molecule has 1 aromatic carbocycles. The van der Waals surface area contributed by atoms with Crippen molar-refractivity contribution in [2.45, 2.75) is 39.8 Å². The number of hydrogen-bond donors (Lipinski definition) is 2. The summed E-state index contributed by atoms with van der Waals surface area (Å²) in [5.74, 6) is -2.68. The number of benzene rings is 1. The lowest BCUT2D eigenvalue weighted by atomic mass is 9.88. The molecule has 0 aliphatic rings. The Morgan fingerprint density at radius 2 is 1.84 bits per heavy atom. The molecule has 0 aliphatic carbocycles. The van der Waals surface area contributed by atoms with E-state index in [4.69, 9.17) is 0 Å². The molecular weight excluding hydrogens is 338 g/mol. The van der Waals surface area contributed by atoms with Gasteiger partial charge in [0.2, 0.25) is 5.95 Å². The molecule has 136 valence electrons. The zero-order valence-corrected chi connectivity index (χ0v) is 14.1. The van der Waals surface area contributed by atoms with Crippen LogP contribution in [-0.2, 0) is 12.6 Å². The lowest BCUT2D eigenvalue weighted by Gasteiger charge is -2.19. The van der Waals surface area contributed by atoms with E-state index in [0.29, 0.717) is 12.1 Å². The van der Waals surface area contributed by atoms with Gasteiger partial charge in [0, 0.05) is 5.69 Å². The summed E-state index contributed by atoms with van der Waals surface area (Å²) in [5.41, 5.74) is -1.47. The molecule has 0 saturated carbocycles. The monoisotopic (exact) mass is 357 g/mol. The average molecular weight is 357 g/mol. The fraction of sp³-hybridized carbons (Fsp3) is 0.412. The third-order valence-electron chi connectivity index (χ3n) is 3.64. The molecule has 1 aromatic heterocycles. The molecule has 0 bridgehead atoms. The molecule has 0 radical (unpaired) electrons. The molecule has 1 heterocycles. The number of para-hydroxylation sites is 1. The van der Waals surface area contributed by atoms with Crippen molar-refractivity contribution in [2.24, 2.45) is 5.41 Å². The van der Waals surface area contributed by atoms with E-state index >= 15 is 0 Å². The highest BCUT2D eigenvalue weighted by atomic mass is 19.4. The van der Waals surface area contributed by atoms with Gasteiger partial charge in [-0.25, -0.2) is 0 Å². The maximum absolute atomic E-state index is 13.6. The highest BCUT2D eigenvalue weighted by molar-refractivity contribution is 6.05. The van der Waals surface area contributed by atoms with E-state index in [1.165, 1.54) is 5.10 Å². The molecule has 25 heavy (non-hydrogen) atoms. The van der Waals surface area contributed by atoms with E-state index in [9.17, 15) is 22.4 Å². The summed E-state index contributed by atoms with van der Waals surface area (Å²) in [4.78, 5) is 12.2. The first-order valence-corrected chi connectivity index (χ1v) is 7.69. The van der Waals surface area contributed by atoms with Gasteiger partial charge in [0.15, 0.2) is 5.69 Å². The number of carbonyl (C=O) groups is 1. The number of alkyl halides is 3. The smallest absolute Gasteiger partial charge is 0.322 e. The SMILES string of the molecule is CC(C)(C)CCc1ccccc1NC(=O)c1c(F)n[nH]c1C(F)(F)F. The van der Waals surface area contributed by atoms with Gasteiger partial charge < -0.3 is 5.32 Å². The van der Waals surface area contributed by atoms with Gasteiger partial charge in [0.1, 0.15) is 5.56 Å². The highest BCUT2D eigenvalue weighted by Gasteiger charge is 2.40. The number of H-pyrrole nitrogens is 1. The van der Waals surface area contributed by atoms with Crippen molar-refractivity contribution in [1.29, 1.82) is 0 Å². The van der Waals surface area contributed by atoms with Crippen LogP contribution in [0.4, 0.5) is 23.2 Å². The number of rotatable bonds is 4. The van der Waals surface area contributed by atoms with Crippen LogP contribution in [0.2, 0.25) is 0 Å². The minimum atomic E-state index is -4.91. The van der Waals surface area contributed by atoms with Crippen LogP contribution in [0.5, 0.6) is 0 Å². The molecular formula is C17H19F4N3O. The lowest BCUT2D eigenvalue weighted by Crippen LogP contribution is -2.20. The van der Waals surface area contributed by atoms with Crippen LogP contribution in [0.15, 0.2) is 24.3 Å². The van der Waals surface area contributed by atoms with E-state index in [1.807, 2.05) is 0 Å². The summed E-state index contributed by atoms with van der Waals surface area (Å²) in [6.45, 7) is 6.18. The quantitative estimate of drug-likeness (QED) is 0.773. The Morgan fingerprint density at radius 3 is 2.44 bits per heavy atom. The van der Waals surface area contributed by atoms with E-state index in [0.717, 1.165) is 12.0 Å². The maximum atomic E-state index is 13.6. The highest BCUT2D eigenvalue weighted by Crippen LogP contribution is 2.32. The lowest BCUT2D eigenvalue weighted by molar-refractivity contribution is -0.141. The van der Waals surface area contributed by atoms with Crippen molar-refractivity contribution in [3.8, 4) is 0 Å². The van der Waals surface area contributed by atoms with E-state index in [2.05, 4.69) is 31.2 Å². The van der Waals surface area contributed by atoms with Crippen molar-refractivity contribution in [3.05, 3.63) is 47.0 Å². The predicted octanol–water partition coefficient (Wildman–Crippen LogP) is 4.80. The van der Waals surface area contributed by atoms with E-state index < -0.39 is 29.3 Å². The van der Waals surface area contributed by atoms with Crippen LogP contribution >= 0.6 is 0 Å². The first-order chi connectivity index (χ1) is 11.5. The summed E-state index contributed by atoms with van der Waals surface area (Å²) in [6, 6.07) is 6.76. The van der Waals surface area contributed by atoms with Gasteiger partial charge >= 0.3 is 6.18 Å². The molecule has 8 heteroatoms. The zero-order valence-electron chi connectivity index (χ0n) is 14.1. The first kappa shape index (κ1) is 19.0. The number of aromatic amines is 1. The van der Waals surface area contributed by atoms with Gasteiger partial charge in [-0.2, -0.15) is 17.6 Å². The van der Waals surface area contributed by atoms with Crippen molar-refractivity contribution >= 4 is 11.6 Å². The summed E-state index contributed by atoms with van der Waals surface area (Å²) in [7, 11) is 0. The molecule has 4 nitrogen and oxygen atoms in total. The third-order valence-corrected chi connectivity index (χ3v) is 3.64. The van der Waals surface area contributed by atoms with Gasteiger partial charge in [0.25, 0.3) is 5.91 Å². The second-order valence-corrected chi connectivity index (χ2v) is 6.93. The topological polar surface area (TPSA) is 57.8 Å². The Bertz CT molecular complexity index is 760. The fourth-order valence-corrected chi connectivity index (χ4v) is 2.29. The zero-order chi connectivity index (χ0) is 18.8. The molecule has 2 rings (SSSR count). The van der Waals surface area contributed by atoms with Gasteiger partial charge in [-0.1, -0.05) is 39.0 Å². The van der Waals surface area contributed by atoms with Crippen LogP contribution in [0.25, 0.3) is 0 Å². The Morgan fingerprint density at radius 1 is 1.20 bits per heavy atom. The first-order valence-electron chi connectivity index (χ1n) is 7.69. The van der Waals surface area contributed by atoms with Crippen LogP contribution in [0.3, 0.4) is 0 Å². The van der Waals surface area contributed by atoms with E-state index in [-0.39, 0.29) is 5.41 Å². The molecule has 0 aliphatic heterocycles. The molecule has 0 atom stereocenters. The number of nitrogens with zero attached hydrogens (tertiary/aromatic N) is 1. The number of halogens is 4. The number of aromatic nitrogens is 2. The largest absolute Gasteiger partial charge is 0.433 e. The predicted molar refractivity (Wildman–Crippen MR) is 85.7 cm³/mol.